The summed E-state index contributed by atoms with van der Waals surface area (Å²) < 4.78 is 11.2. The third-order valence-corrected chi connectivity index (χ3v) is 3.26. The Morgan fingerprint density at radius 3 is 2.33 bits per heavy atom. The average Bonchev–Trinajstić information content (AvgIpc) is 2.47. The van der Waals surface area contributed by atoms with E-state index in [2.05, 4.69) is 12.2 Å². The van der Waals surface area contributed by atoms with Gasteiger partial charge in [0.25, 0.3) is 5.91 Å². The van der Waals surface area contributed by atoms with Gasteiger partial charge in [0.1, 0.15) is 11.4 Å². The van der Waals surface area contributed by atoms with Gasteiger partial charge >= 0.3 is 0 Å². The Hall–Kier alpha value is -1.55. The lowest BCUT2D eigenvalue weighted by molar-refractivity contribution is -0.140. The lowest BCUT2D eigenvalue weighted by Crippen LogP contribution is -2.43. The lowest BCUT2D eigenvalue weighted by atomic mass is 9.99. The van der Waals surface area contributed by atoms with Crippen LogP contribution in [0.3, 0.4) is 0 Å². The fourth-order valence-corrected chi connectivity index (χ4v) is 2.12. The molecule has 1 aromatic carbocycles. The second kappa shape index (κ2) is 8.67. The monoisotopic (exact) mass is 293 g/mol. The number of nitrogens with one attached hydrogen (secondary N) is 1. The van der Waals surface area contributed by atoms with Crippen LogP contribution >= 0.6 is 0 Å². The summed E-state index contributed by atoms with van der Waals surface area (Å²) in [5.74, 6) is 0.705. The highest BCUT2D eigenvalue weighted by atomic mass is 16.5. The number of hydrogen-bond acceptors (Lipinski definition) is 3. The summed E-state index contributed by atoms with van der Waals surface area (Å²) in [6, 6.07) is 7.39. The zero-order valence-electron chi connectivity index (χ0n) is 13.6. The first kappa shape index (κ1) is 17.5. The van der Waals surface area contributed by atoms with Crippen molar-refractivity contribution in [2.75, 3.05) is 18.5 Å². The Bertz CT molecular complexity index is 430. The highest BCUT2D eigenvalue weighted by Gasteiger charge is 2.33. The summed E-state index contributed by atoms with van der Waals surface area (Å²) in [5.41, 5.74) is -0.0190. The maximum Gasteiger partial charge on any atom is 0.256 e. The van der Waals surface area contributed by atoms with Crippen LogP contribution in [0.4, 0.5) is 5.69 Å². The van der Waals surface area contributed by atoms with E-state index in [1.165, 1.54) is 0 Å². The molecule has 1 rings (SSSR count). The fourth-order valence-electron chi connectivity index (χ4n) is 2.12. The van der Waals surface area contributed by atoms with Crippen molar-refractivity contribution in [1.82, 2.24) is 0 Å². The molecule has 0 bridgehead atoms. The first-order chi connectivity index (χ1) is 10.1. The molecular formula is C17H27NO3. The van der Waals surface area contributed by atoms with Gasteiger partial charge in [0.15, 0.2) is 0 Å². The Morgan fingerprint density at radius 2 is 1.81 bits per heavy atom. The van der Waals surface area contributed by atoms with Gasteiger partial charge in [0, 0.05) is 12.3 Å². The van der Waals surface area contributed by atoms with Crippen LogP contribution in [-0.4, -0.2) is 24.7 Å². The maximum absolute atomic E-state index is 12.5. The molecular weight excluding hydrogens is 266 g/mol. The van der Waals surface area contributed by atoms with Gasteiger partial charge in [-0.3, -0.25) is 4.79 Å². The number of carbonyl (C=O) groups excluding carboxylic acids is 1. The van der Waals surface area contributed by atoms with Crippen LogP contribution < -0.4 is 10.1 Å². The summed E-state index contributed by atoms with van der Waals surface area (Å²) in [7, 11) is 0. The molecule has 1 aromatic rings. The Kier molecular flexibility index (Phi) is 7.23. The molecule has 0 saturated carbocycles. The third kappa shape index (κ3) is 5.38. The number of amides is 1. The van der Waals surface area contributed by atoms with E-state index in [0.29, 0.717) is 19.6 Å². The predicted molar refractivity (Wildman–Crippen MR) is 85.8 cm³/mol. The number of benzene rings is 1. The van der Waals surface area contributed by atoms with E-state index in [-0.39, 0.29) is 5.91 Å². The first-order valence-corrected chi connectivity index (χ1v) is 7.74. The van der Waals surface area contributed by atoms with Gasteiger partial charge in [0.05, 0.1) is 6.61 Å². The lowest BCUT2D eigenvalue weighted by Gasteiger charge is -2.28. The van der Waals surface area contributed by atoms with E-state index in [9.17, 15) is 4.79 Å². The highest BCUT2D eigenvalue weighted by Crippen LogP contribution is 2.22. The molecule has 0 fully saturated rings. The number of ether oxygens (including phenoxy) is 2. The van der Waals surface area contributed by atoms with E-state index in [0.717, 1.165) is 24.3 Å². The zero-order valence-corrected chi connectivity index (χ0v) is 13.6. The number of carbonyl (C=O) groups is 1. The summed E-state index contributed by atoms with van der Waals surface area (Å²) in [5, 5.41) is 2.93. The minimum atomic E-state index is -0.774. The van der Waals surface area contributed by atoms with E-state index in [4.69, 9.17) is 9.47 Å². The maximum atomic E-state index is 12.5. The van der Waals surface area contributed by atoms with Crippen LogP contribution in [0.5, 0.6) is 5.75 Å². The molecule has 1 N–H and O–H groups in total. The fraction of sp³-hybridized carbons (Fsp3) is 0.588. The van der Waals surface area contributed by atoms with Gasteiger partial charge in [0.2, 0.25) is 0 Å². The molecule has 0 unspecified atom stereocenters. The van der Waals surface area contributed by atoms with Crippen LogP contribution in [0.2, 0.25) is 0 Å². The molecule has 4 heteroatoms. The van der Waals surface area contributed by atoms with E-state index in [1.54, 1.807) is 0 Å². The van der Waals surface area contributed by atoms with Crippen molar-refractivity contribution in [3.05, 3.63) is 24.3 Å². The van der Waals surface area contributed by atoms with Crippen molar-refractivity contribution in [1.29, 1.82) is 0 Å². The molecule has 0 aromatic heterocycles. The summed E-state index contributed by atoms with van der Waals surface area (Å²) >= 11 is 0. The highest BCUT2D eigenvalue weighted by molar-refractivity contribution is 5.97. The minimum absolute atomic E-state index is 0.0954. The van der Waals surface area contributed by atoms with Gasteiger partial charge in [-0.05, 0) is 51.0 Å². The van der Waals surface area contributed by atoms with Crippen LogP contribution in [0.1, 0.15) is 47.0 Å². The quantitative estimate of drug-likeness (QED) is 0.748. The van der Waals surface area contributed by atoms with Gasteiger partial charge in [-0.15, -0.1) is 0 Å². The van der Waals surface area contributed by atoms with Crippen molar-refractivity contribution < 1.29 is 14.3 Å². The van der Waals surface area contributed by atoms with E-state index in [1.807, 2.05) is 45.0 Å². The van der Waals surface area contributed by atoms with Crippen molar-refractivity contribution in [2.24, 2.45) is 0 Å². The standard InChI is InChI=1S/C17H27NO3/c1-5-12-17(4,21-13-6-2)16(19)18-14-8-10-15(11-9-14)20-7-3/h8-11H,5-7,12-13H2,1-4H3,(H,18,19)/t17-/m1/s1. The largest absolute Gasteiger partial charge is 0.494 e. The average molecular weight is 293 g/mol. The first-order valence-electron chi connectivity index (χ1n) is 7.74. The number of anilines is 1. The van der Waals surface area contributed by atoms with Gasteiger partial charge in [-0.2, -0.15) is 0 Å². The molecule has 0 radical (unpaired) electrons. The van der Waals surface area contributed by atoms with Crippen molar-refractivity contribution in [3.63, 3.8) is 0 Å². The summed E-state index contributed by atoms with van der Waals surface area (Å²) in [6.07, 6.45) is 2.50. The molecule has 0 saturated heterocycles. The molecule has 0 aliphatic rings. The Labute approximate surface area is 127 Å². The van der Waals surface area contributed by atoms with Gasteiger partial charge < -0.3 is 14.8 Å². The molecule has 4 nitrogen and oxygen atoms in total. The summed E-state index contributed by atoms with van der Waals surface area (Å²) in [6.45, 7) is 9.11. The Morgan fingerprint density at radius 1 is 1.14 bits per heavy atom. The van der Waals surface area contributed by atoms with E-state index >= 15 is 0 Å². The molecule has 0 spiro atoms. The number of rotatable bonds is 9. The zero-order chi connectivity index (χ0) is 15.7. The van der Waals surface area contributed by atoms with Crippen molar-refractivity contribution in [3.8, 4) is 5.75 Å². The Balaban J connectivity index is 2.71. The second-order valence-corrected chi connectivity index (χ2v) is 5.24. The molecule has 1 atom stereocenters. The molecule has 21 heavy (non-hydrogen) atoms. The minimum Gasteiger partial charge on any atom is -0.494 e. The van der Waals surface area contributed by atoms with Crippen LogP contribution in [0.15, 0.2) is 24.3 Å². The van der Waals surface area contributed by atoms with E-state index < -0.39 is 5.60 Å². The summed E-state index contributed by atoms with van der Waals surface area (Å²) in [4.78, 5) is 12.5. The normalized spacial score (nSPS) is 13.5. The molecule has 0 heterocycles. The smallest absolute Gasteiger partial charge is 0.256 e. The van der Waals surface area contributed by atoms with Gasteiger partial charge in [-0.25, -0.2) is 0 Å². The SMILES string of the molecule is CCCO[C@](C)(CCC)C(=O)Nc1ccc(OCC)cc1. The predicted octanol–water partition coefficient (Wildman–Crippen LogP) is 4.01. The van der Waals surface area contributed by atoms with Crippen LogP contribution in [0, 0.1) is 0 Å². The van der Waals surface area contributed by atoms with Crippen molar-refractivity contribution in [2.45, 2.75) is 52.6 Å². The van der Waals surface area contributed by atoms with Crippen LogP contribution in [-0.2, 0) is 9.53 Å². The molecule has 1 amide bonds. The number of hydrogen-bond donors (Lipinski definition) is 1. The third-order valence-electron chi connectivity index (χ3n) is 3.26. The van der Waals surface area contributed by atoms with Crippen molar-refractivity contribution >= 4 is 11.6 Å². The van der Waals surface area contributed by atoms with Crippen LogP contribution in [0.25, 0.3) is 0 Å². The molecule has 0 aliphatic heterocycles. The molecule has 0 aliphatic carbocycles. The second-order valence-electron chi connectivity index (χ2n) is 5.24. The topological polar surface area (TPSA) is 47.6 Å². The molecule has 118 valence electrons. The van der Waals surface area contributed by atoms with Gasteiger partial charge in [-0.1, -0.05) is 20.3 Å².